The average Bonchev–Trinajstić information content (AvgIpc) is 2.89. The van der Waals surface area contributed by atoms with Gasteiger partial charge < -0.3 is 4.52 Å². The first-order valence-corrected chi connectivity index (χ1v) is 5.71. The zero-order valence-corrected chi connectivity index (χ0v) is 10.0. The van der Waals surface area contributed by atoms with E-state index in [-0.39, 0.29) is 0 Å². The highest BCUT2D eigenvalue weighted by Crippen LogP contribution is 2.23. The van der Waals surface area contributed by atoms with E-state index in [1.165, 1.54) is 0 Å². The number of hydrogen-bond donors (Lipinski definition) is 0. The fourth-order valence-corrected chi connectivity index (χ4v) is 1.76. The molecular formula is C13H8ClN3O. The SMILES string of the molecule is Clc1cccc(-c2nc(-c3cccnc3)no2)c1. The molecule has 4 nitrogen and oxygen atoms in total. The summed E-state index contributed by atoms with van der Waals surface area (Å²) in [5.41, 5.74) is 1.61. The van der Waals surface area contributed by atoms with Crippen LogP contribution in [0.3, 0.4) is 0 Å². The van der Waals surface area contributed by atoms with Crippen molar-refractivity contribution < 1.29 is 4.52 Å². The van der Waals surface area contributed by atoms with Crippen LogP contribution in [0.15, 0.2) is 53.3 Å². The molecule has 3 aromatic rings. The Labute approximate surface area is 108 Å². The lowest BCUT2D eigenvalue weighted by Crippen LogP contribution is -1.82. The zero-order valence-electron chi connectivity index (χ0n) is 9.25. The molecule has 0 saturated heterocycles. The summed E-state index contributed by atoms with van der Waals surface area (Å²) < 4.78 is 5.21. The van der Waals surface area contributed by atoms with Crippen LogP contribution in [0, 0.1) is 0 Å². The van der Waals surface area contributed by atoms with Crippen LogP contribution >= 0.6 is 11.6 Å². The molecule has 0 radical (unpaired) electrons. The Balaban J connectivity index is 2.00. The van der Waals surface area contributed by atoms with Crippen molar-refractivity contribution in [2.45, 2.75) is 0 Å². The van der Waals surface area contributed by atoms with Crippen LogP contribution in [-0.4, -0.2) is 15.1 Å². The number of aromatic nitrogens is 3. The Kier molecular flexibility index (Phi) is 2.78. The Morgan fingerprint density at radius 2 is 1.94 bits per heavy atom. The van der Waals surface area contributed by atoms with Crippen LogP contribution in [0.25, 0.3) is 22.8 Å². The Bertz CT molecular complexity index is 667. The van der Waals surface area contributed by atoms with E-state index in [2.05, 4.69) is 15.1 Å². The predicted molar refractivity (Wildman–Crippen MR) is 68.0 cm³/mol. The number of benzene rings is 1. The maximum atomic E-state index is 5.92. The largest absolute Gasteiger partial charge is 0.334 e. The predicted octanol–water partition coefficient (Wildman–Crippen LogP) is 3.45. The van der Waals surface area contributed by atoms with Gasteiger partial charge in [-0.3, -0.25) is 4.98 Å². The number of halogens is 1. The molecule has 0 saturated carbocycles. The van der Waals surface area contributed by atoms with Crippen molar-refractivity contribution in [2.24, 2.45) is 0 Å². The summed E-state index contributed by atoms with van der Waals surface area (Å²) in [6.45, 7) is 0. The number of rotatable bonds is 2. The third-order valence-corrected chi connectivity index (χ3v) is 2.65. The van der Waals surface area contributed by atoms with E-state index in [1.807, 2.05) is 24.3 Å². The molecular weight excluding hydrogens is 250 g/mol. The highest BCUT2D eigenvalue weighted by atomic mass is 35.5. The first kappa shape index (κ1) is 10.9. The van der Waals surface area contributed by atoms with Crippen LogP contribution in [0.4, 0.5) is 0 Å². The quantitative estimate of drug-likeness (QED) is 0.706. The summed E-state index contributed by atoms with van der Waals surface area (Å²) >= 11 is 5.92. The summed E-state index contributed by atoms with van der Waals surface area (Å²) in [7, 11) is 0. The lowest BCUT2D eigenvalue weighted by atomic mass is 10.2. The van der Waals surface area contributed by atoms with Crippen molar-refractivity contribution in [2.75, 3.05) is 0 Å². The topological polar surface area (TPSA) is 51.8 Å². The van der Waals surface area contributed by atoms with E-state index in [9.17, 15) is 0 Å². The second-order valence-corrected chi connectivity index (χ2v) is 4.11. The van der Waals surface area contributed by atoms with Crippen LogP contribution in [-0.2, 0) is 0 Å². The third-order valence-electron chi connectivity index (χ3n) is 2.42. The molecule has 0 amide bonds. The van der Waals surface area contributed by atoms with Crippen molar-refractivity contribution >= 4 is 11.6 Å². The first-order valence-electron chi connectivity index (χ1n) is 5.33. The van der Waals surface area contributed by atoms with Gasteiger partial charge in [0.05, 0.1) is 0 Å². The van der Waals surface area contributed by atoms with Gasteiger partial charge in [-0.15, -0.1) is 0 Å². The van der Waals surface area contributed by atoms with Crippen molar-refractivity contribution in [1.29, 1.82) is 0 Å². The minimum absolute atomic E-state index is 0.441. The molecule has 0 aliphatic heterocycles. The molecule has 88 valence electrons. The van der Waals surface area contributed by atoms with Crippen LogP contribution in [0.1, 0.15) is 0 Å². The van der Waals surface area contributed by atoms with E-state index in [0.29, 0.717) is 16.7 Å². The molecule has 3 rings (SSSR count). The van der Waals surface area contributed by atoms with Gasteiger partial charge in [-0.2, -0.15) is 4.98 Å². The minimum Gasteiger partial charge on any atom is -0.334 e. The van der Waals surface area contributed by atoms with Gasteiger partial charge in [0.1, 0.15) is 0 Å². The van der Waals surface area contributed by atoms with E-state index in [1.54, 1.807) is 24.5 Å². The van der Waals surface area contributed by atoms with Gasteiger partial charge >= 0.3 is 0 Å². The van der Waals surface area contributed by atoms with Gasteiger partial charge in [-0.1, -0.05) is 22.8 Å². The molecule has 0 bridgehead atoms. The molecule has 18 heavy (non-hydrogen) atoms. The normalized spacial score (nSPS) is 10.5. The summed E-state index contributed by atoms with van der Waals surface area (Å²) in [5.74, 6) is 0.953. The fraction of sp³-hybridized carbons (Fsp3) is 0. The lowest BCUT2D eigenvalue weighted by molar-refractivity contribution is 0.432. The monoisotopic (exact) mass is 257 g/mol. The van der Waals surface area contributed by atoms with Crippen LogP contribution in [0.2, 0.25) is 5.02 Å². The fourth-order valence-electron chi connectivity index (χ4n) is 1.57. The molecule has 2 aromatic heterocycles. The van der Waals surface area contributed by atoms with Crippen molar-refractivity contribution in [3.63, 3.8) is 0 Å². The number of pyridine rings is 1. The molecule has 0 unspecified atom stereocenters. The summed E-state index contributed by atoms with van der Waals surface area (Å²) in [4.78, 5) is 8.33. The molecule has 1 aromatic carbocycles. The second-order valence-electron chi connectivity index (χ2n) is 3.68. The molecule has 0 aliphatic rings. The van der Waals surface area contributed by atoms with Crippen LogP contribution in [0.5, 0.6) is 0 Å². The molecule has 2 heterocycles. The molecule has 0 N–H and O–H groups in total. The van der Waals surface area contributed by atoms with Gasteiger partial charge in [-0.05, 0) is 30.3 Å². The summed E-state index contributed by atoms with van der Waals surface area (Å²) in [6, 6.07) is 11.0. The van der Waals surface area contributed by atoms with E-state index in [4.69, 9.17) is 16.1 Å². The summed E-state index contributed by atoms with van der Waals surface area (Å²) in [5, 5.41) is 4.56. The summed E-state index contributed by atoms with van der Waals surface area (Å²) in [6.07, 6.45) is 3.38. The Hall–Kier alpha value is -2.20. The van der Waals surface area contributed by atoms with Gasteiger partial charge in [0, 0.05) is 28.5 Å². The van der Waals surface area contributed by atoms with Gasteiger partial charge in [0.15, 0.2) is 0 Å². The Morgan fingerprint density at radius 3 is 2.72 bits per heavy atom. The maximum Gasteiger partial charge on any atom is 0.258 e. The molecule has 0 aliphatic carbocycles. The highest BCUT2D eigenvalue weighted by molar-refractivity contribution is 6.30. The minimum atomic E-state index is 0.441. The van der Waals surface area contributed by atoms with Crippen molar-refractivity contribution in [1.82, 2.24) is 15.1 Å². The van der Waals surface area contributed by atoms with Crippen LogP contribution < -0.4 is 0 Å². The molecule has 5 heteroatoms. The van der Waals surface area contributed by atoms with Crippen molar-refractivity contribution in [3.8, 4) is 22.8 Å². The number of hydrogen-bond acceptors (Lipinski definition) is 4. The van der Waals surface area contributed by atoms with Crippen molar-refractivity contribution in [3.05, 3.63) is 53.8 Å². The molecule has 0 spiro atoms. The standard InChI is InChI=1S/C13H8ClN3O/c14-11-5-1-3-9(7-11)13-16-12(17-18-13)10-4-2-6-15-8-10/h1-8H. The van der Waals surface area contributed by atoms with Gasteiger partial charge in [0.2, 0.25) is 5.82 Å². The number of nitrogens with zero attached hydrogens (tertiary/aromatic N) is 3. The van der Waals surface area contributed by atoms with E-state index >= 15 is 0 Å². The van der Waals surface area contributed by atoms with E-state index < -0.39 is 0 Å². The Morgan fingerprint density at radius 1 is 1.06 bits per heavy atom. The maximum absolute atomic E-state index is 5.92. The van der Waals surface area contributed by atoms with Gasteiger partial charge in [-0.25, -0.2) is 0 Å². The molecule has 0 fully saturated rings. The highest BCUT2D eigenvalue weighted by Gasteiger charge is 2.10. The first-order chi connectivity index (χ1) is 8.83. The lowest BCUT2D eigenvalue weighted by Gasteiger charge is -1.93. The third kappa shape index (κ3) is 2.10. The molecule has 0 atom stereocenters. The zero-order chi connectivity index (χ0) is 12.4. The average molecular weight is 258 g/mol. The smallest absolute Gasteiger partial charge is 0.258 e. The van der Waals surface area contributed by atoms with Gasteiger partial charge in [0.25, 0.3) is 5.89 Å². The second kappa shape index (κ2) is 4.58. The van der Waals surface area contributed by atoms with E-state index in [0.717, 1.165) is 11.1 Å².